The van der Waals surface area contributed by atoms with E-state index in [0.717, 1.165) is 32.1 Å². The highest BCUT2D eigenvalue weighted by atomic mass is 35.9. The Morgan fingerprint density at radius 3 is 1.60 bits per heavy atom. The lowest BCUT2D eigenvalue weighted by Crippen LogP contribution is -2.41. The molecule has 15 heavy (non-hydrogen) atoms. The summed E-state index contributed by atoms with van der Waals surface area (Å²) in [6.45, 7) is 3.19. The quantitative estimate of drug-likeness (QED) is 0.413. The second-order valence-electron chi connectivity index (χ2n) is 4.00. The van der Waals surface area contributed by atoms with E-state index in [4.69, 9.17) is 22.5 Å². The minimum atomic E-state index is -1.22. The molecule has 0 atom stereocenters. The van der Waals surface area contributed by atoms with Crippen LogP contribution in [0.2, 0.25) is 0 Å². The largest absolute Gasteiger partial charge is 0.343 e. The predicted molar refractivity (Wildman–Crippen MR) is 67.7 cm³/mol. The molecule has 2 aliphatic rings. The minimum Gasteiger partial charge on any atom is -0.343 e. The molecule has 6 heteroatoms. The summed E-state index contributed by atoms with van der Waals surface area (Å²) in [6.07, 6.45) is 5.04. The standard InChI is InChI=1S/C9H16Cl2N3P/c10-15(11)12-9(13-5-1-2-6-13)14-7-3-4-8-14/h1-8H2. The molecule has 0 saturated carbocycles. The molecule has 86 valence electrons. The SMILES string of the molecule is ClP(Cl)N=C(N1CCCC1)N1CCCC1. The van der Waals surface area contributed by atoms with Crippen LogP contribution in [0.5, 0.6) is 0 Å². The Kier molecular flexibility index (Phi) is 4.36. The van der Waals surface area contributed by atoms with Gasteiger partial charge in [0.15, 0.2) is 0 Å². The van der Waals surface area contributed by atoms with Crippen LogP contribution in [0.25, 0.3) is 0 Å². The van der Waals surface area contributed by atoms with Gasteiger partial charge in [-0.15, -0.1) is 0 Å². The fraction of sp³-hybridized carbons (Fsp3) is 0.889. The van der Waals surface area contributed by atoms with Crippen molar-refractivity contribution in [1.29, 1.82) is 0 Å². The molecule has 2 heterocycles. The van der Waals surface area contributed by atoms with Gasteiger partial charge in [0.05, 0.1) is 0 Å². The van der Waals surface area contributed by atoms with Crippen molar-refractivity contribution >= 4 is 35.2 Å². The summed E-state index contributed by atoms with van der Waals surface area (Å²) in [5.74, 6) is 1.04. The van der Waals surface area contributed by atoms with Crippen molar-refractivity contribution in [3.05, 3.63) is 0 Å². The van der Waals surface area contributed by atoms with E-state index in [1.165, 1.54) is 25.7 Å². The lowest BCUT2D eigenvalue weighted by molar-refractivity contribution is 0.397. The van der Waals surface area contributed by atoms with Crippen LogP contribution >= 0.6 is 29.3 Å². The molecule has 3 nitrogen and oxygen atoms in total. The lowest BCUT2D eigenvalue weighted by atomic mass is 10.4. The van der Waals surface area contributed by atoms with E-state index < -0.39 is 6.78 Å². The normalized spacial score (nSPS) is 21.5. The Morgan fingerprint density at radius 1 is 0.867 bits per heavy atom. The molecule has 0 aromatic carbocycles. The van der Waals surface area contributed by atoms with Crippen molar-refractivity contribution in [3.63, 3.8) is 0 Å². The fourth-order valence-electron chi connectivity index (χ4n) is 2.23. The van der Waals surface area contributed by atoms with E-state index in [9.17, 15) is 0 Å². The zero-order valence-electron chi connectivity index (χ0n) is 8.70. The third kappa shape index (κ3) is 3.12. The number of hydrogen-bond acceptors (Lipinski definition) is 1. The predicted octanol–water partition coefficient (Wildman–Crippen LogP) is 3.24. The molecular weight excluding hydrogens is 252 g/mol. The van der Waals surface area contributed by atoms with Crippen molar-refractivity contribution in [2.24, 2.45) is 4.76 Å². The van der Waals surface area contributed by atoms with Crippen molar-refractivity contribution < 1.29 is 0 Å². The van der Waals surface area contributed by atoms with Crippen molar-refractivity contribution in [2.75, 3.05) is 26.2 Å². The van der Waals surface area contributed by atoms with Crippen LogP contribution in [-0.2, 0) is 0 Å². The summed E-state index contributed by atoms with van der Waals surface area (Å²) >= 11 is 11.6. The first-order valence-electron chi connectivity index (χ1n) is 5.47. The van der Waals surface area contributed by atoms with Gasteiger partial charge in [-0.05, 0) is 25.7 Å². The van der Waals surface area contributed by atoms with Gasteiger partial charge >= 0.3 is 0 Å². The first-order chi connectivity index (χ1) is 7.27. The van der Waals surface area contributed by atoms with E-state index in [1.807, 2.05) is 0 Å². The zero-order chi connectivity index (χ0) is 10.7. The summed E-state index contributed by atoms with van der Waals surface area (Å²) in [5.41, 5.74) is 0. The smallest absolute Gasteiger partial charge is 0.210 e. The maximum atomic E-state index is 5.82. The highest BCUT2D eigenvalue weighted by molar-refractivity contribution is 8.03. The number of guanidine groups is 1. The zero-order valence-corrected chi connectivity index (χ0v) is 11.1. The summed E-state index contributed by atoms with van der Waals surface area (Å²) in [5, 5.41) is 0. The van der Waals surface area contributed by atoms with Crippen molar-refractivity contribution in [3.8, 4) is 0 Å². The molecule has 0 aromatic rings. The summed E-state index contributed by atoms with van der Waals surface area (Å²) in [6, 6.07) is 0. The van der Waals surface area contributed by atoms with Crippen LogP contribution in [0, 0.1) is 0 Å². The van der Waals surface area contributed by atoms with Crippen LogP contribution in [0.1, 0.15) is 25.7 Å². The summed E-state index contributed by atoms with van der Waals surface area (Å²) < 4.78 is 4.41. The van der Waals surface area contributed by atoms with E-state index in [1.54, 1.807) is 0 Å². The van der Waals surface area contributed by atoms with Crippen molar-refractivity contribution in [1.82, 2.24) is 9.80 Å². The highest BCUT2D eigenvalue weighted by Crippen LogP contribution is 2.48. The van der Waals surface area contributed by atoms with E-state index in [-0.39, 0.29) is 0 Å². The van der Waals surface area contributed by atoms with Crippen LogP contribution < -0.4 is 0 Å². The third-order valence-electron chi connectivity index (χ3n) is 2.94. The van der Waals surface area contributed by atoms with Gasteiger partial charge in [-0.3, -0.25) is 0 Å². The Bertz CT molecular complexity index is 218. The molecule has 0 spiro atoms. The van der Waals surface area contributed by atoms with Gasteiger partial charge in [0.1, 0.15) is 0 Å². The molecule has 2 fully saturated rings. The van der Waals surface area contributed by atoms with Crippen LogP contribution in [0.3, 0.4) is 0 Å². The average molecular weight is 268 g/mol. The molecular formula is C9H16Cl2N3P. The molecule has 0 unspecified atom stereocenters. The average Bonchev–Trinajstić information content (AvgIpc) is 2.87. The number of halogens is 2. The summed E-state index contributed by atoms with van der Waals surface area (Å²) in [7, 11) is 0. The Morgan fingerprint density at radius 2 is 1.27 bits per heavy atom. The van der Waals surface area contributed by atoms with Gasteiger partial charge < -0.3 is 9.80 Å². The van der Waals surface area contributed by atoms with E-state index in [2.05, 4.69) is 14.6 Å². The van der Waals surface area contributed by atoms with Gasteiger partial charge in [0, 0.05) is 26.2 Å². The first-order valence-corrected chi connectivity index (χ1v) is 8.58. The minimum absolute atomic E-state index is 1.04. The number of rotatable bonds is 1. The molecule has 0 aromatic heterocycles. The van der Waals surface area contributed by atoms with E-state index >= 15 is 0 Å². The fourth-order valence-corrected chi connectivity index (χ4v) is 3.02. The second-order valence-corrected chi connectivity index (χ2v) is 7.07. The maximum absolute atomic E-state index is 5.82. The lowest BCUT2D eigenvalue weighted by Gasteiger charge is -2.28. The number of hydrogen-bond donors (Lipinski definition) is 0. The monoisotopic (exact) mass is 267 g/mol. The van der Waals surface area contributed by atoms with Crippen LogP contribution in [-0.4, -0.2) is 41.9 Å². The molecule has 2 aliphatic heterocycles. The van der Waals surface area contributed by atoms with Gasteiger partial charge in [0.25, 0.3) is 0 Å². The third-order valence-corrected chi connectivity index (χ3v) is 3.73. The molecule has 0 N–H and O–H groups in total. The van der Waals surface area contributed by atoms with Gasteiger partial charge in [-0.1, -0.05) is 22.5 Å². The molecule has 2 rings (SSSR count). The molecule has 0 amide bonds. The number of nitrogens with zero attached hydrogens (tertiary/aromatic N) is 3. The van der Waals surface area contributed by atoms with Gasteiger partial charge in [-0.25, -0.2) is 0 Å². The van der Waals surface area contributed by atoms with Gasteiger partial charge in [-0.2, -0.15) is 4.76 Å². The Hall–Kier alpha value is 0.280. The molecule has 2 saturated heterocycles. The molecule has 0 aliphatic carbocycles. The topological polar surface area (TPSA) is 18.8 Å². The van der Waals surface area contributed by atoms with Crippen molar-refractivity contribution in [2.45, 2.75) is 25.7 Å². The summed E-state index contributed by atoms with van der Waals surface area (Å²) in [4.78, 5) is 4.65. The Labute approximate surface area is 102 Å². The van der Waals surface area contributed by atoms with Crippen LogP contribution in [0.15, 0.2) is 4.76 Å². The molecule has 0 radical (unpaired) electrons. The first kappa shape index (κ1) is 11.8. The molecule has 0 bridgehead atoms. The van der Waals surface area contributed by atoms with E-state index in [0.29, 0.717) is 0 Å². The Balaban J connectivity index is 2.07. The number of likely N-dealkylation sites (tertiary alicyclic amines) is 2. The van der Waals surface area contributed by atoms with Gasteiger partial charge in [0.2, 0.25) is 12.7 Å². The second kappa shape index (κ2) is 5.56. The van der Waals surface area contributed by atoms with Crippen LogP contribution in [0.4, 0.5) is 0 Å². The maximum Gasteiger partial charge on any atom is 0.210 e. The highest BCUT2D eigenvalue weighted by Gasteiger charge is 2.24.